The van der Waals surface area contributed by atoms with Crippen molar-refractivity contribution in [3.05, 3.63) is 23.1 Å². The summed E-state index contributed by atoms with van der Waals surface area (Å²) in [7, 11) is 0. The first-order chi connectivity index (χ1) is 5.38. The van der Waals surface area contributed by atoms with Gasteiger partial charge in [-0.05, 0) is 17.7 Å². The minimum absolute atomic E-state index is 0.332. The van der Waals surface area contributed by atoms with E-state index in [1.807, 2.05) is 0 Å². The van der Waals surface area contributed by atoms with Gasteiger partial charge < -0.3 is 13.9 Å². The monoisotopic (exact) mass is 174 g/mol. The molecule has 0 unspecified atom stereocenters. The first-order valence-corrected chi connectivity index (χ1v) is 3.72. The molecule has 0 amide bonds. The molecule has 11 heavy (non-hydrogen) atoms. The van der Waals surface area contributed by atoms with Crippen molar-refractivity contribution >= 4 is 11.6 Å². The predicted octanol–water partition coefficient (Wildman–Crippen LogP) is 1.98. The molecule has 0 saturated carbocycles. The molecule has 2 heterocycles. The maximum Gasteiger partial charge on any atom is 0.201 e. The lowest BCUT2D eigenvalue weighted by Gasteiger charge is -2.04. The summed E-state index contributed by atoms with van der Waals surface area (Å²) in [5, 5.41) is 0.344. The second kappa shape index (κ2) is 2.85. The Labute approximate surface area is 68.8 Å². The Morgan fingerprint density at radius 2 is 2.09 bits per heavy atom. The van der Waals surface area contributed by atoms with Gasteiger partial charge in [0.15, 0.2) is 6.29 Å². The van der Waals surface area contributed by atoms with Crippen molar-refractivity contribution in [2.24, 2.45) is 0 Å². The van der Waals surface area contributed by atoms with Crippen LogP contribution in [0.4, 0.5) is 0 Å². The Kier molecular flexibility index (Phi) is 1.85. The fourth-order valence-corrected chi connectivity index (χ4v) is 1.21. The number of halogens is 1. The molecule has 1 aromatic rings. The molecule has 60 valence electrons. The maximum atomic E-state index is 5.69. The quantitative estimate of drug-likeness (QED) is 0.653. The summed E-state index contributed by atoms with van der Waals surface area (Å²) in [6, 6.07) is 1.75. The molecule has 1 aromatic heterocycles. The summed E-state index contributed by atoms with van der Waals surface area (Å²) in [5.74, 6) is 0. The van der Waals surface area contributed by atoms with E-state index in [9.17, 15) is 0 Å². The summed E-state index contributed by atoms with van der Waals surface area (Å²) < 4.78 is 15.3. The Morgan fingerprint density at radius 3 is 2.64 bits per heavy atom. The highest BCUT2D eigenvalue weighted by Crippen LogP contribution is 2.29. The molecule has 1 fully saturated rings. The first-order valence-electron chi connectivity index (χ1n) is 3.34. The predicted molar refractivity (Wildman–Crippen MR) is 38.4 cm³/mol. The highest BCUT2D eigenvalue weighted by atomic mass is 35.5. The van der Waals surface area contributed by atoms with Gasteiger partial charge in [-0.3, -0.25) is 0 Å². The summed E-state index contributed by atoms with van der Waals surface area (Å²) in [4.78, 5) is 0. The van der Waals surface area contributed by atoms with Crippen molar-refractivity contribution in [1.82, 2.24) is 0 Å². The molecule has 0 bridgehead atoms. The van der Waals surface area contributed by atoms with Crippen LogP contribution in [-0.4, -0.2) is 13.2 Å². The van der Waals surface area contributed by atoms with Crippen LogP contribution >= 0.6 is 11.6 Å². The van der Waals surface area contributed by atoms with Gasteiger partial charge in [0.1, 0.15) is 0 Å². The molecule has 1 aliphatic heterocycles. The Bertz CT molecular complexity index is 240. The number of hydrogen-bond acceptors (Lipinski definition) is 3. The molecule has 1 saturated heterocycles. The average molecular weight is 175 g/mol. The van der Waals surface area contributed by atoms with Crippen LogP contribution < -0.4 is 0 Å². The van der Waals surface area contributed by atoms with Crippen LogP contribution in [0.15, 0.2) is 16.7 Å². The summed E-state index contributed by atoms with van der Waals surface area (Å²) in [5.41, 5.74) is 0.768. The Hall–Kier alpha value is -0.510. The van der Waals surface area contributed by atoms with E-state index in [1.54, 1.807) is 6.07 Å². The topological polar surface area (TPSA) is 31.6 Å². The third-order valence-corrected chi connectivity index (χ3v) is 1.83. The van der Waals surface area contributed by atoms with E-state index in [0.717, 1.165) is 5.56 Å². The van der Waals surface area contributed by atoms with E-state index in [1.165, 1.54) is 6.26 Å². The van der Waals surface area contributed by atoms with Crippen LogP contribution in [0, 0.1) is 0 Å². The van der Waals surface area contributed by atoms with Crippen molar-refractivity contribution in [2.75, 3.05) is 13.2 Å². The van der Waals surface area contributed by atoms with Crippen LogP contribution in [0.3, 0.4) is 0 Å². The van der Waals surface area contributed by atoms with E-state index in [-0.39, 0.29) is 6.29 Å². The van der Waals surface area contributed by atoms with Gasteiger partial charge in [-0.2, -0.15) is 0 Å². The number of furan rings is 1. The Morgan fingerprint density at radius 1 is 1.36 bits per heavy atom. The number of hydrogen-bond donors (Lipinski definition) is 0. The minimum atomic E-state index is -0.332. The highest BCUT2D eigenvalue weighted by molar-refractivity contribution is 6.29. The first kappa shape index (κ1) is 7.16. The molecule has 0 aromatic carbocycles. The summed E-state index contributed by atoms with van der Waals surface area (Å²) in [6.45, 7) is 1.23. The fourth-order valence-electron chi connectivity index (χ4n) is 1.01. The Balaban J connectivity index is 2.21. The molecule has 1 aliphatic rings. The van der Waals surface area contributed by atoms with E-state index < -0.39 is 0 Å². The van der Waals surface area contributed by atoms with Gasteiger partial charge in [0.25, 0.3) is 0 Å². The van der Waals surface area contributed by atoms with Crippen molar-refractivity contribution in [3.63, 3.8) is 0 Å². The van der Waals surface area contributed by atoms with Crippen LogP contribution in [0.2, 0.25) is 5.22 Å². The molecule has 0 radical (unpaired) electrons. The van der Waals surface area contributed by atoms with Gasteiger partial charge in [-0.15, -0.1) is 0 Å². The van der Waals surface area contributed by atoms with E-state index in [4.69, 9.17) is 25.5 Å². The second-order valence-electron chi connectivity index (χ2n) is 2.22. The van der Waals surface area contributed by atoms with Gasteiger partial charge in [0, 0.05) is 0 Å². The van der Waals surface area contributed by atoms with E-state index in [2.05, 4.69) is 0 Å². The van der Waals surface area contributed by atoms with E-state index in [0.29, 0.717) is 18.4 Å². The highest BCUT2D eigenvalue weighted by Gasteiger charge is 2.22. The molecule has 0 N–H and O–H groups in total. The standard InChI is InChI=1S/C7H7ClO3/c8-6-5(1-2-9-6)7-10-3-4-11-7/h1-2,7H,3-4H2. The maximum absolute atomic E-state index is 5.69. The molecule has 2 rings (SSSR count). The van der Waals surface area contributed by atoms with Gasteiger partial charge >= 0.3 is 0 Å². The molecule has 0 spiro atoms. The van der Waals surface area contributed by atoms with Gasteiger partial charge in [-0.25, -0.2) is 0 Å². The third-order valence-electron chi connectivity index (χ3n) is 1.52. The van der Waals surface area contributed by atoms with Crippen molar-refractivity contribution in [1.29, 1.82) is 0 Å². The number of rotatable bonds is 1. The van der Waals surface area contributed by atoms with Crippen LogP contribution in [0.5, 0.6) is 0 Å². The zero-order valence-electron chi connectivity index (χ0n) is 5.75. The molecule has 4 heteroatoms. The molecule has 0 aliphatic carbocycles. The lowest BCUT2D eigenvalue weighted by molar-refractivity contribution is -0.0443. The van der Waals surface area contributed by atoms with Crippen LogP contribution in [-0.2, 0) is 9.47 Å². The zero-order valence-corrected chi connectivity index (χ0v) is 6.50. The lowest BCUT2D eigenvalue weighted by Crippen LogP contribution is -1.95. The van der Waals surface area contributed by atoms with Crippen LogP contribution in [0.1, 0.15) is 11.9 Å². The number of ether oxygens (including phenoxy) is 2. The van der Waals surface area contributed by atoms with E-state index >= 15 is 0 Å². The van der Waals surface area contributed by atoms with Gasteiger partial charge in [-0.1, -0.05) is 0 Å². The lowest BCUT2D eigenvalue weighted by atomic mass is 10.3. The van der Waals surface area contributed by atoms with Crippen molar-refractivity contribution in [3.8, 4) is 0 Å². The second-order valence-corrected chi connectivity index (χ2v) is 2.57. The molecular weight excluding hydrogens is 168 g/mol. The third kappa shape index (κ3) is 1.27. The average Bonchev–Trinajstić information content (AvgIpc) is 2.55. The summed E-state index contributed by atoms with van der Waals surface area (Å²) in [6.07, 6.45) is 1.18. The van der Waals surface area contributed by atoms with Crippen molar-refractivity contribution < 1.29 is 13.9 Å². The SMILES string of the molecule is Clc1occc1C1OCCO1. The summed E-state index contributed by atoms with van der Waals surface area (Å²) >= 11 is 5.69. The van der Waals surface area contributed by atoms with Gasteiger partial charge in [0.2, 0.25) is 5.22 Å². The van der Waals surface area contributed by atoms with Gasteiger partial charge in [0.05, 0.1) is 25.0 Å². The van der Waals surface area contributed by atoms with Crippen LogP contribution in [0.25, 0.3) is 0 Å². The normalized spacial score (nSPS) is 19.4. The fraction of sp³-hybridized carbons (Fsp3) is 0.429. The molecule has 3 nitrogen and oxygen atoms in total. The molecular formula is C7H7ClO3. The largest absolute Gasteiger partial charge is 0.452 e. The van der Waals surface area contributed by atoms with Crippen molar-refractivity contribution in [2.45, 2.75) is 6.29 Å². The minimum Gasteiger partial charge on any atom is -0.452 e. The zero-order chi connectivity index (χ0) is 7.68. The smallest absolute Gasteiger partial charge is 0.201 e. The molecule has 0 atom stereocenters.